The molecule has 0 saturated carbocycles. The van der Waals surface area contributed by atoms with Gasteiger partial charge < -0.3 is 21.3 Å². The second-order valence-electron chi connectivity index (χ2n) is 3.90. The number of amides is 1. The molecule has 5 nitrogen and oxygen atoms in total. The van der Waals surface area contributed by atoms with Crippen LogP contribution in [0.3, 0.4) is 0 Å². The van der Waals surface area contributed by atoms with E-state index in [4.69, 9.17) is 10.8 Å². The van der Waals surface area contributed by atoms with E-state index < -0.39 is 6.10 Å². The Morgan fingerprint density at radius 3 is 2.67 bits per heavy atom. The first-order valence-electron chi connectivity index (χ1n) is 5.75. The van der Waals surface area contributed by atoms with E-state index in [9.17, 15) is 9.90 Å². The SMILES string of the molecule is NCCC(O)CNC(=O)C=Cc1ccc(O)cc1. The van der Waals surface area contributed by atoms with Gasteiger partial charge in [0.05, 0.1) is 6.10 Å². The van der Waals surface area contributed by atoms with E-state index in [1.54, 1.807) is 30.3 Å². The molecule has 1 unspecified atom stereocenters. The van der Waals surface area contributed by atoms with Crippen molar-refractivity contribution in [2.24, 2.45) is 5.73 Å². The van der Waals surface area contributed by atoms with Gasteiger partial charge in [-0.05, 0) is 36.7 Å². The third kappa shape index (κ3) is 5.47. The molecule has 1 amide bonds. The highest BCUT2D eigenvalue weighted by Crippen LogP contribution is 2.10. The molecule has 0 saturated heterocycles. The number of nitrogens with one attached hydrogen (secondary N) is 1. The topological polar surface area (TPSA) is 95.6 Å². The van der Waals surface area contributed by atoms with Crippen LogP contribution in [0.2, 0.25) is 0 Å². The lowest BCUT2D eigenvalue weighted by Gasteiger charge is -2.08. The van der Waals surface area contributed by atoms with Crippen molar-refractivity contribution in [2.75, 3.05) is 13.1 Å². The number of phenols is 1. The van der Waals surface area contributed by atoms with Gasteiger partial charge in [-0.3, -0.25) is 4.79 Å². The fourth-order valence-corrected chi connectivity index (χ4v) is 1.33. The van der Waals surface area contributed by atoms with Crippen molar-refractivity contribution >= 4 is 12.0 Å². The molecule has 0 aliphatic heterocycles. The normalized spacial score (nSPS) is 12.6. The van der Waals surface area contributed by atoms with Crippen molar-refractivity contribution in [3.8, 4) is 5.75 Å². The molecule has 0 bridgehead atoms. The van der Waals surface area contributed by atoms with Gasteiger partial charge in [0.1, 0.15) is 5.75 Å². The third-order valence-corrected chi connectivity index (χ3v) is 2.33. The summed E-state index contributed by atoms with van der Waals surface area (Å²) in [5, 5.41) is 21.0. The Hall–Kier alpha value is -1.85. The van der Waals surface area contributed by atoms with Gasteiger partial charge in [0, 0.05) is 12.6 Å². The van der Waals surface area contributed by atoms with Crippen molar-refractivity contribution in [1.82, 2.24) is 5.32 Å². The zero-order chi connectivity index (χ0) is 13.4. The largest absolute Gasteiger partial charge is 0.508 e. The highest BCUT2D eigenvalue weighted by atomic mass is 16.3. The molecular formula is C13H18N2O3. The average molecular weight is 250 g/mol. The van der Waals surface area contributed by atoms with Crippen LogP contribution in [0.25, 0.3) is 6.08 Å². The number of phenolic OH excluding ortho intramolecular Hbond substituents is 1. The first kappa shape index (κ1) is 14.2. The minimum Gasteiger partial charge on any atom is -0.508 e. The van der Waals surface area contributed by atoms with Gasteiger partial charge in [-0.1, -0.05) is 12.1 Å². The van der Waals surface area contributed by atoms with Gasteiger partial charge in [0.15, 0.2) is 0 Å². The Morgan fingerprint density at radius 1 is 1.39 bits per heavy atom. The number of carbonyl (C=O) groups excluding carboxylic acids is 1. The Labute approximate surface area is 106 Å². The van der Waals surface area contributed by atoms with Crippen molar-refractivity contribution in [3.05, 3.63) is 35.9 Å². The monoisotopic (exact) mass is 250 g/mol. The summed E-state index contributed by atoms with van der Waals surface area (Å²) >= 11 is 0. The summed E-state index contributed by atoms with van der Waals surface area (Å²) in [5.74, 6) is -0.0966. The maximum atomic E-state index is 11.4. The van der Waals surface area contributed by atoms with Crippen molar-refractivity contribution in [3.63, 3.8) is 0 Å². The predicted octanol–water partition coefficient (Wildman–Crippen LogP) is 0.231. The molecule has 5 heteroatoms. The summed E-state index contributed by atoms with van der Waals surface area (Å²) in [5.41, 5.74) is 6.09. The van der Waals surface area contributed by atoms with Gasteiger partial charge in [0.2, 0.25) is 5.91 Å². The second-order valence-corrected chi connectivity index (χ2v) is 3.90. The van der Waals surface area contributed by atoms with Gasteiger partial charge in [0.25, 0.3) is 0 Å². The lowest BCUT2D eigenvalue weighted by Crippen LogP contribution is -2.32. The van der Waals surface area contributed by atoms with E-state index in [1.165, 1.54) is 6.08 Å². The van der Waals surface area contributed by atoms with Crippen LogP contribution < -0.4 is 11.1 Å². The fraction of sp³-hybridized carbons (Fsp3) is 0.308. The van der Waals surface area contributed by atoms with E-state index in [0.717, 1.165) is 5.56 Å². The molecule has 1 aromatic carbocycles. The zero-order valence-electron chi connectivity index (χ0n) is 10.0. The fourth-order valence-electron chi connectivity index (χ4n) is 1.33. The van der Waals surface area contributed by atoms with Crippen LogP contribution in [-0.2, 0) is 4.79 Å². The van der Waals surface area contributed by atoms with Crippen LogP contribution >= 0.6 is 0 Å². The number of rotatable bonds is 6. The van der Waals surface area contributed by atoms with Crippen LogP contribution in [0.15, 0.2) is 30.3 Å². The molecule has 18 heavy (non-hydrogen) atoms. The molecule has 1 atom stereocenters. The van der Waals surface area contributed by atoms with Crippen LogP contribution in [-0.4, -0.2) is 35.3 Å². The maximum absolute atomic E-state index is 11.4. The lowest BCUT2D eigenvalue weighted by molar-refractivity contribution is -0.116. The molecule has 5 N–H and O–H groups in total. The van der Waals surface area contributed by atoms with Crippen molar-refractivity contribution in [1.29, 1.82) is 0 Å². The summed E-state index contributed by atoms with van der Waals surface area (Å²) in [6.07, 6.45) is 2.86. The number of aromatic hydroxyl groups is 1. The Morgan fingerprint density at radius 2 is 2.06 bits per heavy atom. The van der Waals surface area contributed by atoms with Gasteiger partial charge in [-0.25, -0.2) is 0 Å². The Balaban J connectivity index is 2.37. The molecule has 1 rings (SSSR count). The van der Waals surface area contributed by atoms with E-state index in [1.807, 2.05) is 0 Å². The quantitative estimate of drug-likeness (QED) is 0.543. The highest BCUT2D eigenvalue weighted by Gasteiger charge is 2.03. The third-order valence-electron chi connectivity index (χ3n) is 2.33. The Kier molecular flexibility index (Phi) is 5.90. The van der Waals surface area contributed by atoms with E-state index >= 15 is 0 Å². The van der Waals surface area contributed by atoms with Crippen LogP contribution in [0.5, 0.6) is 5.75 Å². The maximum Gasteiger partial charge on any atom is 0.244 e. The summed E-state index contributed by atoms with van der Waals surface area (Å²) < 4.78 is 0. The average Bonchev–Trinajstić information content (AvgIpc) is 2.36. The molecule has 0 aromatic heterocycles. The van der Waals surface area contributed by atoms with Crippen molar-refractivity contribution in [2.45, 2.75) is 12.5 Å². The minimum absolute atomic E-state index is 0.182. The number of hydrogen-bond acceptors (Lipinski definition) is 4. The molecule has 0 fully saturated rings. The number of carbonyl (C=O) groups is 1. The van der Waals surface area contributed by atoms with Gasteiger partial charge >= 0.3 is 0 Å². The Bertz CT molecular complexity index is 401. The molecule has 0 spiro atoms. The summed E-state index contributed by atoms with van der Waals surface area (Å²) in [6, 6.07) is 6.48. The number of aliphatic hydroxyl groups excluding tert-OH is 1. The number of nitrogens with two attached hydrogens (primary N) is 1. The van der Waals surface area contributed by atoms with Gasteiger partial charge in [-0.15, -0.1) is 0 Å². The number of aliphatic hydroxyl groups is 1. The van der Waals surface area contributed by atoms with Crippen molar-refractivity contribution < 1.29 is 15.0 Å². The predicted molar refractivity (Wildman–Crippen MR) is 69.8 cm³/mol. The van der Waals surface area contributed by atoms with E-state index in [-0.39, 0.29) is 18.2 Å². The zero-order valence-corrected chi connectivity index (χ0v) is 10.0. The number of benzene rings is 1. The molecule has 0 aliphatic carbocycles. The second kappa shape index (κ2) is 7.47. The molecule has 1 aromatic rings. The summed E-state index contributed by atoms with van der Waals surface area (Å²) in [7, 11) is 0. The minimum atomic E-state index is -0.610. The molecule has 0 aliphatic rings. The standard InChI is InChI=1S/C13H18N2O3/c14-8-7-12(17)9-15-13(18)6-3-10-1-4-11(16)5-2-10/h1-6,12,16-17H,7-9,14H2,(H,15,18). The molecule has 0 radical (unpaired) electrons. The van der Waals surface area contributed by atoms with Crippen LogP contribution in [0.1, 0.15) is 12.0 Å². The molecule has 98 valence electrons. The molecular weight excluding hydrogens is 232 g/mol. The number of hydrogen-bond donors (Lipinski definition) is 4. The lowest BCUT2D eigenvalue weighted by atomic mass is 10.2. The van der Waals surface area contributed by atoms with E-state index in [0.29, 0.717) is 13.0 Å². The van der Waals surface area contributed by atoms with Crippen LogP contribution in [0.4, 0.5) is 0 Å². The van der Waals surface area contributed by atoms with E-state index in [2.05, 4.69) is 5.32 Å². The highest BCUT2D eigenvalue weighted by molar-refractivity contribution is 5.91. The summed E-state index contributed by atoms with van der Waals surface area (Å²) in [4.78, 5) is 11.4. The first-order valence-corrected chi connectivity index (χ1v) is 5.75. The molecule has 0 heterocycles. The first-order chi connectivity index (χ1) is 8.61. The van der Waals surface area contributed by atoms with Crippen LogP contribution in [0, 0.1) is 0 Å². The van der Waals surface area contributed by atoms with Gasteiger partial charge in [-0.2, -0.15) is 0 Å². The summed E-state index contributed by atoms with van der Waals surface area (Å²) in [6.45, 7) is 0.580. The smallest absolute Gasteiger partial charge is 0.244 e.